The highest BCUT2D eigenvalue weighted by molar-refractivity contribution is 5.42. The van der Waals surface area contributed by atoms with Gasteiger partial charge in [0.15, 0.2) is 0 Å². The van der Waals surface area contributed by atoms with Crippen molar-refractivity contribution in [2.24, 2.45) is 5.92 Å². The monoisotopic (exact) mass is 218 g/mol. The molecule has 0 aliphatic carbocycles. The van der Waals surface area contributed by atoms with Crippen LogP contribution in [0.25, 0.3) is 5.52 Å². The zero-order chi connectivity index (χ0) is 11.0. The molecule has 1 aliphatic rings. The van der Waals surface area contributed by atoms with Gasteiger partial charge >= 0.3 is 0 Å². The van der Waals surface area contributed by atoms with Crippen LogP contribution in [-0.2, 0) is 6.54 Å². The van der Waals surface area contributed by atoms with Crippen LogP contribution in [0.2, 0.25) is 0 Å². The topological polar surface area (TPSA) is 51.3 Å². The van der Waals surface area contributed by atoms with E-state index in [0.717, 1.165) is 26.1 Å². The van der Waals surface area contributed by atoms with Gasteiger partial charge in [-0.1, -0.05) is 0 Å². The molecule has 84 valence electrons. The highest BCUT2D eigenvalue weighted by atomic mass is 16.1. The van der Waals surface area contributed by atoms with Gasteiger partial charge in [0.2, 0.25) is 0 Å². The van der Waals surface area contributed by atoms with Gasteiger partial charge in [-0.25, -0.2) is 4.52 Å². The molecule has 1 atom stereocenters. The van der Waals surface area contributed by atoms with E-state index in [9.17, 15) is 4.79 Å². The second kappa shape index (κ2) is 3.75. The van der Waals surface area contributed by atoms with Gasteiger partial charge in [0, 0.05) is 18.9 Å². The van der Waals surface area contributed by atoms with Crippen molar-refractivity contribution in [1.29, 1.82) is 0 Å². The number of hydrogen-bond acceptors (Lipinski definition) is 3. The van der Waals surface area contributed by atoms with Gasteiger partial charge in [-0.15, -0.1) is 0 Å². The summed E-state index contributed by atoms with van der Waals surface area (Å²) in [6.45, 7) is 2.87. The highest BCUT2D eigenvalue weighted by Gasteiger charge is 2.15. The highest BCUT2D eigenvalue weighted by Crippen LogP contribution is 2.09. The Morgan fingerprint density at radius 3 is 3.25 bits per heavy atom. The van der Waals surface area contributed by atoms with Gasteiger partial charge in [-0.05, 0) is 31.5 Å². The van der Waals surface area contributed by atoms with Crippen molar-refractivity contribution < 1.29 is 0 Å². The summed E-state index contributed by atoms with van der Waals surface area (Å²) in [6.07, 6.45) is 6.45. The molecule has 1 unspecified atom stereocenters. The third kappa shape index (κ3) is 1.53. The van der Waals surface area contributed by atoms with E-state index < -0.39 is 0 Å². The van der Waals surface area contributed by atoms with Gasteiger partial charge < -0.3 is 9.88 Å². The molecule has 1 N–H and O–H groups in total. The van der Waals surface area contributed by atoms with Crippen molar-refractivity contribution in [1.82, 2.24) is 19.5 Å². The van der Waals surface area contributed by atoms with Crippen molar-refractivity contribution >= 4 is 5.52 Å². The molecule has 2 aromatic heterocycles. The van der Waals surface area contributed by atoms with Gasteiger partial charge in [0.1, 0.15) is 5.52 Å². The third-order valence-electron chi connectivity index (χ3n) is 3.16. The maximum Gasteiger partial charge on any atom is 0.276 e. The number of rotatable bonds is 2. The van der Waals surface area contributed by atoms with E-state index in [4.69, 9.17) is 0 Å². The molecule has 1 saturated heterocycles. The van der Waals surface area contributed by atoms with Gasteiger partial charge in [-0.3, -0.25) is 4.79 Å². The van der Waals surface area contributed by atoms with Crippen molar-refractivity contribution in [2.75, 3.05) is 13.1 Å². The molecule has 0 aromatic carbocycles. The molecule has 16 heavy (non-hydrogen) atoms. The maximum atomic E-state index is 12.1. The Morgan fingerprint density at radius 2 is 2.44 bits per heavy atom. The summed E-state index contributed by atoms with van der Waals surface area (Å²) in [4.78, 5) is 12.1. The number of aromatic nitrogens is 3. The molecule has 0 saturated carbocycles. The van der Waals surface area contributed by atoms with E-state index >= 15 is 0 Å². The van der Waals surface area contributed by atoms with E-state index in [1.165, 1.54) is 0 Å². The largest absolute Gasteiger partial charge is 0.316 e. The minimum Gasteiger partial charge on any atom is -0.316 e. The first kappa shape index (κ1) is 9.59. The molecule has 0 radical (unpaired) electrons. The van der Waals surface area contributed by atoms with E-state index in [2.05, 4.69) is 10.4 Å². The first-order chi connectivity index (χ1) is 7.84. The van der Waals surface area contributed by atoms with Crippen molar-refractivity contribution in [3.8, 4) is 0 Å². The average Bonchev–Trinajstić information content (AvgIpc) is 2.93. The summed E-state index contributed by atoms with van der Waals surface area (Å²) < 4.78 is 3.40. The van der Waals surface area contributed by atoms with E-state index in [1.54, 1.807) is 21.3 Å². The van der Waals surface area contributed by atoms with Crippen molar-refractivity contribution in [2.45, 2.75) is 13.0 Å². The standard InChI is InChI=1S/C11H14N4O/c16-11-10-2-4-13-15(10)6-5-14(11)8-9-1-3-12-7-9/h2,4-6,9,12H,1,3,7-8H2. The molecular formula is C11H14N4O. The van der Waals surface area contributed by atoms with Crippen LogP contribution in [0.15, 0.2) is 29.5 Å². The van der Waals surface area contributed by atoms with Crippen molar-refractivity contribution in [3.05, 3.63) is 35.0 Å². The quantitative estimate of drug-likeness (QED) is 0.778. The first-order valence-corrected chi connectivity index (χ1v) is 5.58. The lowest BCUT2D eigenvalue weighted by atomic mass is 10.1. The lowest BCUT2D eigenvalue weighted by Crippen LogP contribution is -2.25. The number of nitrogens with one attached hydrogen (secondary N) is 1. The van der Waals surface area contributed by atoms with Gasteiger partial charge in [0.05, 0.1) is 6.20 Å². The van der Waals surface area contributed by atoms with Gasteiger partial charge in [0.25, 0.3) is 5.56 Å². The van der Waals surface area contributed by atoms with Crippen LogP contribution < -0.4 is 10.9 Å². The molecule has 3 rings (SSSR count). The molecular weight excluding hydrogens is 204 g/mol. The molecule has 1 fully saturated rings. The molecule has 0 bridgehead atoms. The minimum absolute atomic E-state index is 0.0481. The zero-order valence-electron chi connectivity index (χ0n) is 8.97. The molecule has 2 aromatic rings. The summed E-state index contributed by atoms with van der Waals surface area (Å²) >= 11 is 0. The SMILES string of the molecule is O=c1c2ccnn2ccn1CC1CCNC1. The van der Waals surface area contributed by atoms with Crippen LogP contribution in [0.5, 0.6) is 0 Å². The summed E-state index contributed by atoms with van der Waals surface area (Å²) in [5.41, 5.74) is 0.695. The van der Waals surface area contributed by atoms with Gasteiger partial charge in [-0.2, -0.15) is 5.10 Å². The van der Waals surface area contributed by atoms with Crippen LogP contribution in [-0.4, -0.2) is 27.3 Å². The Labute approximate surface area is 92.7 Å². The molecule has 1 aliphatic heterocycles. The Morgan fingerprint density at radius 1 is 1.50 bits per heavy atom. The van der Waals surface area contributed by atoms with Crippen LogP contribution in [0.4, 0.5) is 0 Å². The fourth-order valence-corrected chi connectivity index (χ4v) is 2.25. The number of nitrogens with zero attached hydrogens (tertiary/aromatic N) is 3. The number of fused-ring (bicyclic) bond motifs is 1. The van der Waals surface area contributed by atoms with E-state index in [1.807, 2.05) is 12.4 Å². The molecule has 5 nitrogen and oxygen atoms in total. The van der Waals surface area contributed by atoms with E-state index in [0.29, 0.717) is 11.4 Å². The molecule has 0 amide bonds. The van der Waals surface area contributed by atoms with Crippen molar-refractivity contribution in [3.63, 3.8) is 0 Å². The average molecular weight is 218 g/mol. The Balaban J connectivity index is 1.96. The van der Waals surface area contributed by atoms with E-state index in [-0.39, 0.29) is 5.56 Å². The summed E-state index contributed by atoms with van der Waals surface area (Å²) in [6, 6.07) is 1.76. The summed E-state index contributed by atoms with van der Waals surface area (Å²) in [5, 5.41) is 7.35. The van der Waals surface area contributed by atoms with Crippen LogP contribution in [0.3, 0.4) is 0 Å². The predicted molar refractivity (Wildman–Crippen MR) is 60.4 cm³/mol. The minimum atomic E-state index is 0.0481. The molecule has 0 spiro atoms. The first-order valence-electron chi connectivity index (χ1n) is 5.58. The normalized spacial score (nSPS) is 20.6. The number of hydrogen-bond donors (Lipinski definition) is 1. The summed E-state index contributed by atoms with van der Waals surface area (Å²) in [7, 11) is 0. The third-order valence-corrected chi connectivity index (χ3v) is 3.16. The van der Waals surface area contributed by atoms with Crippen LogP contribution in [0.1, 0.15) is 6.42 Å². The Bertz CT molecular complexity index is 550. The summed E-state index contributed by atoms with van der Waals surface area (Å²) in [5.74, 6) is 0.572. The second-order valence-corrected chi connectivity index (χ2v) is 4.28. The van der Waals surface area contributed by atoms with Crippen LogP contribution in [0, 0.1) is 5.92 Å². The smallest absolute Gasteiger partial charge is 0.276 e. The lowest BCUT2D eigenvalue weighted by molar-refractivity contribution is 0.471. The molecule has 5 heteroatoms. The maximum absolute atomic E-state index is 12.1. The Hall–Kier alpha value is -1.62. The lowest BCUT2D eigenvalue weighted by Gasteiger charge is -2.10. The fourth-order valence-electron chi connectivity index (χ4n) is 2.25. The van der Waals surface area contributed by atoms with Crippen LogP contribution >= 0.6 is 0 Å². The predicted octanol–water partition coefficient (Wildman–Crippen LogP) is 0.105. The zero-order valence-corrected chi connectivity index (χ0v) is 8.97. The molecule has 3 heterocycles. The fraction of sp³-hybridized carbons (Fsp3) is 0.455. The Kier molecular flexibility index (Phi) is 2.25. The second-order valence-electron chi connectivity index (χ2n) is 4.28.